The smallest absolute Gasteiger partial charge is 0.346 e. The number of nitrogens with two attached hydrogens (primary N) is 1. The number of esters is 1. The minimum Gasteiger partial charge on any atom is -0.506 e. The van der Waals surface area contributed by atoms with E-state index in [-0.39, 0.29) is 34.2 Å². The van der Waals surface area contributed by atoms with Crippen LogP contribution in [0.5, 0.6) is 23.0 Å². The number of nitrogen functional groups attached to an aromatic ring is 1. The van der Waals surface area contributed by atoms with E-state index in [0.717, 1.165) is 6.08 Å². The second-order valence-corrected chi connectivity index (χ2v) is 5.05. The molecule has 26 heavy (non-hydrogen) atoms. The summed E-state index contributed by atoms with van der Waals surface area (Å²) in [6.07, 6.45) is 2.29. The Balaban J connectivity index is 2.43. The number of ether oxygens (including phenoxy) is 3. The molecule has 0 fully saturated rings. The highest BCUT2D eigenvalue weighted by atomic mass is 16.6. The first-order valence-electron chi connectivity index (χ1n) is 7.34. The van der Waals surface area contributed by atoms with Gasteiger partial charge in [0.15, 0.2) is 11.5 Å². The Bertz CT molecular complexity index is 849. The molecule has 0 aliphatic heterocycles. The number of hydrogen-bond acceptors (Lipinski definition) is 7. The second-order valence-electron chi connectivity index (χ2n) is 5.05. The van der Waals surface area contributed by atoms with Gasteiger partial charge in [0.25, 0.3) is 0 Å². The third kappa shape index (κ3) is 4.04. The SMILES string of the molecule is COc1cc(C=CC(=O)O)cc(OC)c1OC(=O)c1cccc(O)c1N. The minimum atomic E-state index is -1.11. The van der Waals surface area contributed by atoms with Crippen molar-refractivity contribution in [1.29, 1.82) is 0 Å². The van der Waals surface area contributed by atoms with Gasteiger partial charge in [0.2, 0.25) is 5.75 Å². The number of carbonyl (C=O) groups is 2. The van der Waals surface area contributed by atoms with Gasteiger partial charge in [-0.25, -0.2) is 9.59 Å². The molecule has 0 aromatic heterocycles. The molecule has 0 radical (unpaired) electrons. The summed E-state index contributed by atoms with van der Waals surface area (Å²) in [6, 6.07) is 7.17. The fraction of sp³-hybridized carbons (Fsp3) is 0.111. The summed E-state index contributed by atoms with van der Waals surface area (Å²) < 4.78 is 15.8. The summed E-state index contributed by atoms with van der Waals surface area (Å²) in [4.78, 5) is 23.1. The van der Waals surface area contributed by atoms with Crippen molar-refractivity contribution in [3.05, 3.63) is 47.5 Å². The summed E-state index contributed by atoms with van der Waals surface area (Å²) in [6.45, 7) is 0. The quantitative estimate of drug-likeness (QED) is 0.236. The van der Waals surface area contributed by atoms with E-state index >= 15 is 0 Å². The van der Waals surface area contributed by atoms with Gasteiger partial charge in [0.05, 0.1) is 25.5 Å². The lowest BCUT2D eigenvalue weighted by Gasteiger charge is -2.15. The van der Waals surface area contributed by atoms with Crippen LogP contribution in [0, 0.1) is 0 Å². The van der Waals surface area contributed by atoms with E-state index in [4.69, 9.17) is 25.1 Å². The van der Waals surface area contributed by atoms with E-state index in [1.807, 2.05) is 0 Å². The van der Waals surface area contributed by atoms with Crippen LogP contribution in [0.4, 0.5) is 5.69 Å². The molecule has 0 amide bonds. The first-order chi connectivity index (χ1) is 12.4. The van der Waals surface area contributed by atoms with E-state index in [1.54, 1.807) is 0 Å². The number of carbonyl (C=O) groups excluding carboxylic acids is 1. The van der Waals surface area contributed by atoms with Gasteiger partial charge in [0.1, 0.15) is 5.75 Å². The number of aromatic hydroxyl groups is 1. The fourth-order valence-corrected chi connectivity index (χ4v) is 2.14. The van der Waals surface area contributed by atoms with Crippen LogP contribution in [0.25, 0.3) is 6.08 Å². The molecule has 2 rings (SSSR count). The van der Waals surface area contributed by atoms with Crippen molar-refractivity contribution < 1.29 is 34.0 Å². The molecule has 0 saturated carbocycles. The van der Waals surface area contributed by atoms with Gasteiger partial charge in [-0.3, -0.25) is 0 Å². The maximum atomic E-state index is 12.4. The molecular formula is C18H17NO7. The molecule has 0 aliphatic rings. The van der Waals surface area contributed by atoms with Crippen LogP contribution in [0.3, 0.4) is 0 Å². The van der Waals surface area contributed by atoms with Crippen LogP contribution in [-0.2, 0) is 4.79 Å². The van der Waals surface area contributed by atoms with E-state index in [9.17, 15) is 14.7 Å². The Kier molecular flexibility index (Phi) is 5.69. The van der Waals surface area contributed by atoms with Gasteiger partial charge in [-0.2, -0.15) is 0 Å². The number of carboxylic acid groups (broad SMARTS) is 1. The molecule has 0 spiro atoms. The van der Waals surface area contributed by atoms with Crippen LogP contribution in [-0.4, -0.2) is 36.4 Å². The Morgan fingerprint density at radius 3 is 2.27 bits per heavy atom. The number of aliphatic carboxylic acids is 1. The maximum absolute atomic E-state index is 12.4. The number of para-hydroxylation sites is 1. The monoisotopic (exact) mass is 359 g/mol. The average molecular weight is 359 g/mol. The molecule has 136 valence electrons. The van der Waals surface area contributed by atoms with E-state index in [2.05, 4.69) is 0 Å². The number of hydrogen-bond donors (Lipinski definition) is 3. The summed E-state index contributed by atoms with van der Waals surface area (Å²) in [7, 11) is 2.72. The molecule has 2 aromatic rings. The van der Waals surface area contributed by atoms with E-state index in [1.165, 1.54) is 50.6 Å². The van der Waals surface area contributed by atoms with Crippen molar-refractivity contribution in [2.45, 2.75) is 0 Å². The van der Waals surface area contributed by atoms with Gasteiger partial charge < -0.3 is 30.2 Å². The first kappa shape index (κ1) is 18.7. The highest BCUT2D eigenvalue weighted by molar-refractivity contribution is 5.98. The number of rotatable bonds is 6. The number of anilines is 1. The topological polar surface area (TPSA) is 128 Å². The first-order valence-corrected chi connectivity index (χ1v) is 7.34. The van der Waals surface area contributed by atoms with Gasteiger partial charge in [-0.15, -0.1) is 0 Å². The van der Waals surface area contributed by atoms with Gasteiger partial charge in [-0.05, 0) is 35.9 Å². The third-order valence-electron chi connectivity index (χ3n) is 3.40. The Morgan fingerprint density at radius 2 is 1.73 bits per heavy atom. The van der Waals surface area contributed by atoms with Crippen molar-refractivity contribution in [2.24, 2.45) is 0 Å². The molecule has 4 N–H and O–H groups in total. The van der Waals surface area contributed by atoms with Crippen LogP contribution in [0.2, 0.25) is 0 Å². The van der Waals surface area contributed by atoms with Crippen LogP contribution < -0.4 is 19.9 Å². The Morgan fingerprint density at radius 1 is 1.12 bits per heavy atom. The van der Waals surface area contributed by atoms with E-state index < -0.39 is 11.9 Å². The highest BCUT2D eigenvalue weighted by Gasteiger charge is 2.20. The van der Waals surface area contributed by atoms with Crippen LogP contribution >= 0.6 is 0 Å². The molecule has 8 heteroatoms. The van der Waals surface area contributed by atoms with Crippen molar-refractivity contribution in [1.82, 2.24) is 0 Å². The number of phenols is 1. The number of methoxy groups -OCH3 is 2. The summed E-state index contributed by atoms with van der Waals surface area (Å²) in [5, 5.41) is 18.3. The van der Waals surface area contributed by atoms with Crippen molar-refractivity contribution >= 4 is 23.7 Å². The van der Waals surface area contributed by atoms with Crippen LogP contribution in [0.15, 0.2) is 36.4 Å². The highest BCUT2D eigenvalue weighted by Crippen LogP contribution is 2.40. The maximum Gasteiger partial charge on any atom is 0.346 e. The Labute approximate surface area is 149 Å². The lowest BCUT2D eigenvalue weighted by atomic mass is 10.1. The standard InChI is InChI=1S/C18H17NO7/c1-24-13-8-10(6-7-15(21)22)9-14(25-2)17(13)26-18(23)11-4-3-5-12(20)16(11)19/h3-9,20H,19H2,1-2H3,(H,21,22). The molecule has 2 aromatic carbocycles. The van der Waals surface area contributed by atoms with Gasteiger partial charge in [-0.1, -0.05) is 6.07 Å². The lowest BCUT2D eigenvalue weighted by molar-refractivity contribution is -0.131. The molecule has 0 bridgehead atoms. The zero-order chi connectivity index (χ0) is 19.3. The zero-order valence-corrected chi connectivity index (χ0v) is 14.1. The van der Waals surface area contributed by atoms with E-state index in [0.29, 0.717) is 5.56 Å². The zero-order valence-electron chi connectivity index (χ0n) is 14.1. The predicted molar refractivity (Wildman–Crippen MR) is 93.7 cm³/mol. The lowest BCUT2D eigenvalue weighted by Crippen LogP contribution is -2.12. The average Bonchev–Trinajstić information content (AvgIpc) is 2.62. The molecular weight excluding hydrogens is 342 g/mol. The molecule has 0 heterocycles. The summed E-state index contributed by atoms with van der Waals surface area (Å²) in [5.74, 6) is -1.87. The Hall–Kier alpha value is -3.68. The molecule has 0 unspecified atom stereocenters. The summed E-state index contributed by atoms with van der Waals surface area (Å²) in [5.41, 5.74) is 6.02. The number of benzene rings is 2. The molecule has 0 atom stereocenters. The number of phenolic OH excluding ortho intramolecular Hbond substituents is 1. The van der Waals surface area contributed by atoms with Gasteiger partial charge in [0, 0.05) is 6.08 Å². The number of carboxylic acids is 1. The second kappa shape index (κ2) is 7.93. The van der Waals surface area contributed by atoms with Crippen LogP contribution in [0.1, 0.15) is 15.9 Å². The largest absolute Gasteiger partial charge is 0.506 e. The third-order valence-corrected chi connectivity index (χ3v) is 3.40. The molecule has 0 saturated heterocycles. The minimum absolute atomic E-state index is 0.00443. The predicted octanol–water partition coefficient (Wildman–Crippen LogP) is 2.31. The molecule has 8 nitrogen and oxygen atoms in total. The van der Waals surface area contributed by atoms with Gasteiger partial charge >= 0.3 is 11.9 Å². The van der Waals surface area contributed by atoms with Crippen molar-refractivity contribution in [3.63, 3.8) is 0 Å². The normalized spacial score (nSPS) is 10.5. The fourth-order valence-electron chi connectivity index (χ4n) is 2.14. The van der Waals surface area contributed by atoms with Crippen molar-refractivity contribution in [2.75, 3.05) is 20.0 Å². The van der Waals surface area contributed by atoms with Crippen molar-refractivity contribution in [3.8, 4) is 23.0 Å². The summed E-state index contributed by atoms with van der Waals surface area (Å²) >= 11 is 0. The molecule has 0 aliphatic carbocycles.